The molecule has 0 atom stereocenters. The lowest BCUT2D eigenvalue weighted by Crippen LogP contribution is -2.01. The normalized spacial score (nSPS) is 12.9. The number of benzene rings is 8. The number of hydrogen-bond acceptors (Lipinski definition) is 5. The largest absolute Gasteiger partial charge is 0.455 e. The highest BCUT2D eigenvalue weighted by atomic mass is 16.3. The lowest BCUT2D eigenvalue weighted by atomic mass is 9.92. The van der Waals surface area contributed by atoms with Crippen LogP contribution in [0.1, 0.15) is 18.4 Å². The average molecular weight is 770 g/mol. The predicted molar refractivity (Wildman–Crippen MR) is 245 cm³/mol. The lowest BCUT2D eigenvalue weighted by Gasteiger charge is -2.13. The molecule has 1 aliphatic carbocycles. The molecule has 11 aromatic rings. The van der Waals surface area contributed by atoms with E-state index in [0.29, 0.717) is 17.5 Å². The van der Waals surface area contributed by atoms with Crippen molar-refractivity contribution in [1.29, 1.82) is 0 Å². The van der Waals surface area contributed by atoms with Crippen molar-refractivity contribution in [3.8, 4) is 56.4 Å². The van der Waals surface area contributed by atoms with Gasteiger partial charge in [0.25, 0.3) is 0 Å². The van der Waals surface area contributed by atoms with Gasteiger partial charge in [-0.1, -0.05) is 158 Å². The number of hydrogen-bond donors (Lipinski definition) is 0. The smallest absolute Gasteiger partial charge is 0.167 e. The van der Waals surface area contributed by atoms with E-state index in [0.717, 1.165) is 106 Å². The summed E-state index contributed by atoms with van der Waals surface area (Å²) in [7, 11) is 0. The number of furan rings is 2. The fourth-order valence-corrected chi connectivity index (χ4v) is 8.90. The summed E-state index contributed by atoms with van der Waals surface area (Å²) in [6, 6.07) is 59.0. The van der Waals surface area contributed by atoms with Gasteiger partial charge in [0.05, 0.1) is 5.56 Å². The maximum Gasteiger partial charge on any atom is 0.167 e. The van der Waals surface area contributed by atoms with Crippen LogP contribution in [-0.4, -0.2) is 15.0 Å². The summed E-state index contributed by atoms with van der Waals surface area (Å²) in [5, 5.41) is 6.44. The molecule has 5 nitrogen and oxygen atoms in total. The Labute approximate surface area is 345 Å². The molecular formula is C55H35N3O2. The van der Waals surface area contributed by atoms with Crippen molar-refractivity contribution in [3.63, 3.8) is 0 Å². The molecular weight excluding hydrogens is 735 g/mol. The van der Waals surface area contributed by atoms with Crippen molar-refractivity contribution in [1.82, 2.24) is 15.0 Å². The molecule has 12 rings (SSSR count). The molecule has 0 saturated heterocycles. The van der Waals surface area contributed by atoms with Crippen molar-refractivity contribution in [2.24, 2.45) is 0 Å². The maximum atomic E-state index is 6.71. The lowest BCUT2D eigenvalue weighted by molar-refractivity contribution is 0.669. The van der Waals surface area contributed by atoms with Crippen LogP contribution in [0.25, 0.3) is 117 Å². The third-order valence-corrected chi connectivity index (χ3v) is 11.8. The second-order valence-corrected chi connectivity index (χ2v) is 15.4. The highest BCUT2D eigenvalue weighted by Crippen LogP contribution is 2.44. The van der Waals surface area contributed by atoms with Crippen LogP contribution in [-0.2, 0) is 0 Å². The van der Waals surface area contributed by atoms with E-state index in [1.165, 1.54) is 11.1 Å². The Bertz CT molecular complexity index is 3540. The first-order valence-corrected chi connectivity index (χ1v) is 20.4. The van der Waals surface area contributed by atoms with Gasteiger partial charge < -0.3 is 8.83 Å². The van der Waals surface area contributed by atoms with Crippen LogP contribution < -0.4 is 0 Å². The van der Waals surface area contributed by atoms with E-state index in [-0.39, 0.29) is 0 Å². The Kier molecular flexibility index (Phi) is 7.91. The molecule has 0 fully saturated rings. The van der Waals surface area contributed by atoms with E-state index in [2.05, 4.69) is 158 Å². The van der Waals surface area contributed by atoms with Gasteiger partial charge in [-0.05, 0) is 81.8 Å². The Morgan fingerprint density at radius 2 is 1.02 bits per heavy atom. The number of nitrogens with zero attached hydrogens (tertiary/aromatic N) is 3. The van der Waals surface area contributed by atoms with Crippen LogP contribution in [0, 0.1) is 0 Å². The summed E-state index contributed by atoms with van der Waals surface area (Å²) in [5.74, 6) is 1.72. The Morgan fingerprint density at radius 1 is 0.383 bits per heavy atom. The molecule has 5 heteroatoms. The van der Waals surface area contributed by atoms with E-state index in [1.54, 1.807) is 0 Å². The minimum Gasteiger partial charge on any atom is -0.455 e. The molecule has 282 valence electrons. The third kappa shape index (κ3) is 5.66. The number of aromatic nitrogens is 3. The fourth-order valence-electron chi connectivity index (χ4n) is 8.90. The summed E-state index contributed by atoms with van der Waals surface area (Å²) < 4.78 is 13.2. The molecule has 0 N–H and O–H groups in total. The second-order valence-electron chi connectivity index (χ2n) is 15.4. The quantitative estimate of drug-likeness (QED) is 0.168. The Morgan fingerprint density at radius 3 is 1.87 bits per heavy atom. The predicted octanol–water partition coefficient (Wildman–Crippen LogP) is 14.9. The van der Waals surface area contributed by atoms with Crippen LogP contribution >= 0.6 is 0 Å². The van der Waals surface area contributed by atoms with Crippen LogP contribution in [0.5, 0.6) is 0 Å². The standard InChI is InChI=1S/C55H35N3O2/c1-3-14-34(15-4-1)35-28-30-37(31-29-35)53-56-54(58-55(57-53)46-25-12-23-44-42-20-9-10-26-48(42)59-52(44)46)39-32-38-18-7-8-19-40(38)47(33-39)43-22-13-27-49-50(43)45-24-11-21-41(51(45)60-49)36-16-5-2-6-17-36/h2-3,5-33H,1,4H2. The van der Waals surface area contributed by atoms with Crippen molar-refractivity contribution >= 4 is 60.2 Å². The summed E-state index contributed by atoms with van der Waals surface area (Å²) in [6.07, 6.45) is 8.87. The van der Waals surface area contributed by atoms with Crippen LogP contribution in [0.2, 0.25) is 0 Å². The van der Waals surface area contributed by atoms with Gasteiger partial charge in [0, 0.05) is 38.2 Å². The minimum absolute atomic E-state index is 0.549. The van der Waals surface area contributed by atoms with Gasteiger partial charge in [0.2, 0.25) is 0 Å². The number of para-hydroxylation sites is 3. The van der Waals surface area contributed by atoms with E-state index in [1.807, 2.05) is 30.3 Å². The highest BCUT2D eigenvalue weighted by molar-refractivity contribution is 6.18. The first-order chi connectivity index (χ1) is 29.7. The molecule has 0 saturated carbocycles. The van der Waals surface area contributed by atoms with Gasteiger partial charge >= 0.3 is 0 Å². The zero-order valence-electron chi connectivity index (χ0n) is 32.5. The van der Waals surface area contributed by atoms with Crippen molar-refractivity contribution in [3.05, 3.63) is 194 Å². The zero-order valence-corrected chi connectivity index (χ0v) is 32.5. The third-order valence-electron chi connectivity index (χ3n) is 11.8. The van der Waals surface area contributed by atoms with Crippen LogP contribution in [0.3, 0.4) is 0 Å². The Balaban J connectivity index is 1.08. The van der Waals surface area contributed by atoms with Gasteiger partial charge in [0.1, 0.15) is 22.3 Å². The van der Waals surface area contributed by atoms with E-state index in [9.17, 15) is 0 Å². The fraction of sp³-hybridized carbons (Fsp3) is 0.0364. The number of rotatable bonds is 6. The highest BCUT2D eigenvalue weighted by Gasteiger charge is 2.21. The first kappa shape index (κ1) is 34.2. The van der Waals surface area contributed by atoms with E-state index < -0.39 is 0 Å². The van der Waals surface area contributed by atoms with Crippen molar-refractivity contribution < 1.29 is 8.83 Å². The van der Waals surface area contributed by atoms with Crippen molar-refractivity contribution in [2.75, 3.05) is 0 Å². The number of allylic oxidation sites excluding steroid dienone is 4. The summed E-state index contributed by atoms with van der Waals surface area (Å²) in [4.78, 5) is 15.7. The monoisotopic (exact) mass is 769 g/mol. The molecule has 0 amide bonds. The second kappa shape index (κ2) is 13.9. The summed E-state index contributed by atoms with van der Waals surface area (Å²) >= 11 is 0. The molecule has 0 radical (unpaired) electrons. The summed E-state index contributed by atoms with van der Waals surface area (Å²) in [6.45, 7) is 0. The molecule has 1 aliphatic rings. The van der Waals surface area contributed by atoms with Gasteiger partial charge in [-0.25, -0.2) is 15.0 Å². The molecule has 0 bridgehead atoms. The van der Waals surface area contributed by atoms with Gasteiger partial charge in [0.15, 0.2) is 17.5 Å². The SMILES string of the molecule is C1=CC(c2ccc(-c3nc(-c4cc(-c5cccc6oc7c(-c8ccccc8)cccc7c56)c5ccccc5c4)nc(-c4cccc5c4oc4ccccc45)n3)cc2)=CCC1. The van der Waals surface area contributed by atoms with Crippen LogP contribution in [0.15, 0.2) is 197 Å². The van der Waals surface area contributed by atoms with E-state index in [4.69, 9.17) is 23.8 Å². The molecule has 0 unspecified atom stereocenters. The maximum absolute atomic E-state index is 6.71. The average Bonchev–Trinajstić information content (AvgIpc) is 3.91. The molecule has 8 aromatic carbocycles. The van der Waals surface area contributed by atoms with E-state index >= 15 is 0 Å². The van der Waals surface area contributed by atoms with Crippen molar-refractivity contribution in [2.45, 2.75) is 12.8 Å². The zero-order chi connectivity index (χ0) is 39.6. The molecule has 3 heterocycles. The minimum atomic E-state index is 0.549. The first-order valence-electron chi connectivity index (χ1n) is 20.4. The molecule has 0 spiro atoms. The molecule has 60 heavy (non-hydrogen) atoms. The van der Waals surface area contributed by atoms with Gasteiger partial charge in [-0.2, -0.15) is 0 Å². The summed E-state index contributed by atoms with van der Waals surface area (Å²) in [5.41, 5.74) is 12.6. The topological polar surface area (TPSA) is 65.0 Å². The molecule has 0 aliphatic heterocycles. The molecule has 3 aromatic heterocycles. The van der Waals surface area contributed by atoms with Crippen LogP contribution in [0.4, 0.5) is 0 Å². The van der Waals surface area contributed by atoms with Gasteiger partial charge in [-0.3, -0.25) is 0 Å². The number of fused-ring (bicyclic) bond motifs is 7. The van der Waals surface area contributed by atoms with Gasteiger partial charge in [-0.15, -0.1) is 0 Å². The Hall–Kier alpha value is -7.89.